The van der Waals surface area contributed by atoms with Crippen molar-refractivity contribution in [1.29, 1.82) is 0 Å². The Morgan fingerprint density at radius 3 is 2.45 bits per heavy atom. The van der Waals surface area contributed by atoms with E-state index in [9.17, 15) is 4.21 Å². The van der Waals surface area contributed by atoms with E-state index in [0.717, 1.165) is 31.7 Å². The van der Waals surface area contributed by atoms with Crippen molar-refractivity contribution in [3.63, 3.8) is 0 Å². The van der Waals surface area contributed by atoms with Crippen molar-refractivity contribution < 1.29 is 8.95 Å². The summed E-state index contributed by atoms with van der Waals surface area (Å²) >= 11 is 0. The summed E-state index contributed by atoms with van der Waals surface area (Å²) in [7, 11) is -0.733. The van der Waals surface area contributed by atoms with Crippen molar-refractivity contribution >= 4 is 10.8 Å². The number of hydrogen-bond donors (Lipinski definition) is 1. The van der Waals surface area contributed by atoms with Crippen LogP contribution < -0.4 is 10.1 Å². The highest BCUT2D eigenvalue weighted by molar-refractivity contribution is 7.84. The van der Waals surface area contributed by atoms with Crippen molar-refractivity contribution in [2.24, 2.45) is 0 Å². The first-order chi connectivity index (χ1) is 9.54. The first kappa shape index (κ1) is 17.2. The summed E-state index contributed by atoms with van der Waals surface area (Å²) in [6, 6.07) is 8.54. The number of ether oxygens (including phenoxy) is 1. The molecule has 0 heterocycles. The minimum absolute atomic E-state index is 0.250. The zero-order valence-corrected chi connectivity index (χ0v) is 13.8. The van der Waals surface area contributed by atoms with Gasteiger partial charge in [-0.1, -0.05) is 26.0 Å². The predicted molar refractivity (Wildman–Crippen MR) is 86.8 cm³/mol. The molecule has 0 aliphatic rings. The fourth-order valence-corrected chi connectivity index (χ4v) is 2.31. The van der Waals surface area contributed by atoms with E-state index in [1.165, 1.54) is 5.56 Å². The second-order valence-corrected chi connectivity index (χ2v) is 6.99. The number of rotatable bonds is 9. The molecule has 3 nitrogen and oxygen atoms in total. The third kappa shape index (κ3) is 6.06. The smallest absolute Gasteiger partial charge is 0.119 e. The Morgan fingerprint density at radius 2 is 1.90 bits per heavy atom. The van der Waals surface area contributed by atoms with Gasteiger partial charge in [0.2, 0.25) is 0 Å². The lowest BCUT2D eigenvalue weighted by Crippen LogP contribution is -2.24. The lowest BCUT2D eigenvalue weighted by molar-refractivity contribution is 0.317. The fourth-order valence-electron chi connectivity index (χ4n) is 1.86. The third-order valence-corrected chi connectivity index (χ3v) is 4.79. The Labute approximate surface area is 125 Å². The molecular formula is C16H27NO2S. The first-order valence-electron chi connectivity index (χ1n) is 7.33. The third-order valence-electron chi connectivity index (χ3n) is 3.42. The largest absolute Gasteiger partial charge is 0.494 e. The van der Waals surface area contributed by atoms with E-state index in [4.69, 9.17) is 4.74 Å². The standard InChI is InChI=1S/C16H27NO2S/c1-5-12-19-16-8-6-15(7-9-16)14(3)17-11-10-13(2)20(4)18/h6-9,13-14,17H,5,10-12H2,1-4H3. The molecule has 1 rings (SSSR count). The number of nitrogens with one attached hydrogen (secondary N) is 1. The monoisotopic (exact) mass is 297 g/mol. The summed E-state index contributed by atoms with van der Waals surface area (Å²) < 4.78 is 16.9. The molecule has 0 aliphatic heterocycles. The maximum atomic E-state index is 11.3. The molecule has 0 bridgehead atoms. The van der Waals surface area contributed by atoms with Crippen LogP contribution in [0, 0.1) is 0 Å². The quantitative estimate of drug-likeness (QED) is 0.760. The Kier molecular flexibility index (Phi) is 7.85. The van der Waals surface area contributed by atoms with Crippen LogP contribution in [0.2, 0.25) is 0 Å². The van der Waals surface area contributed by atoms with E-state index in [2.05, 4.69) is 31.3 Å². The van der Waals surface area contributed by atoms with E-state index in [1.54, 1.807) is 6.26 Å². The second-order valence-electron chi connectivity index (χ2n) is 5.19. The Morgan fingerprint density at radius 1 is 1.25 bits per heavy atom. The summed E-state index contributed by atoms with van der Waals surface area (Å²) in [6.45, 7) is 7.93. The Balaban J connectivity index is 2.39. The van der Waals surface area contributed by atoms with Gasteiger partial charge in [-0.2, -0.15) is 0 Å². The molecule has 0 spiro atoms. The highest BCUT2D eigenvalue weighted by Crippen LogP contribution is 2.17. The number of hydrogen-bond acceptors (Lipinski definition) is 3. The molecule has 1 aromatic carbocycles. The molecule has 1 aromatic rings. The van der Waals surface area contributed by atoms with Gasteiger partial charge >= 0.3 is 0 Å². The van der Waals surface area contributed by atoms with Crippen molar-refractivity contribution in [3.05, 3.63) is 29.8 Å². The van der Waals surface area contributed by atoms with E-state index in [0.29, 0.717) is 6.04 Å². The van der Waals surface area contributed by atoms with Gasteiger partial charge in [0.25, 0.3) is 0 Å². The van der Waals surface area contributed by atoms with Gasteiger partial charge in [-0.25, -0.2) is 0 Å². The van der Waals surface area contributed by atoms with Gasteiger partial charge in [0, 0.05) is 28.3 Å². The lowest BCUT2D eigenvalue weighted by atomic mass is 10.1. The molecular weight excluding hydrogens is 270 g/mol. The maximum absolute atomic E-state index is 11.3. The normalized spacial score (nSPS) is 15.6. The molecule has 20 heavy (non-hydrogen) atoms. The van der Waals surface area contributed by atoms with Crippen molar-refractivity contribution in [2.75, 3.05) is 19.4 Å². The molecule has 0 radical (unpaired) electrons. The maximum Gasteiger partial charge on any atom is 0.119 e. The van der Waals surface area contributed by atoms with Crippen LogP contribution in [-0.4, -0.2) is 28.9 Å². The minimum Gasteiger partial charge on any atom is -0.494 e. The van der Waals surface area contributed by atoms with Crippen LogP contribution in [0.25, 0.3) is 0 Å². The predicted octanol–water partition coefficient (Wildman–Crippen LogP) is 3.28. The van der Waals surface area contributed by atoms with Crippen LogP contribution in [0.15, 0.2) is 24.3 Å². The Hall–Kier alpha value is -0.870. The zero-order chi connectivity index (χ0) is 15.0. The summed E-state index contributed by atoms with van der Waals surface area (Å²) in [5.41, 5.74) is 1.25. The molecule has 3 unspecified atom stereocenters. The van der Waals surface area contributed by atoms with Crippen LogP contribution in [0.5, 0.6) is 5.75 Å². The van der Waals surface area contributed by atoms with E-state index < -0.39 is 10.8 Å². The number of benzene rings is 1. The minimum atomic E-state index is -0.733. The van der Waals surface area contributed by atoms with Gasteiger partial charge in [0.05, 0.1) is 6.61 Å². The molecule has 0 amide bonds. The van der Waals surface area contributed by atoms with Gasteiger partial charge < -0.3 is 10.1 Å². The molecule has 0 aromatic heterocycles. The molecule has 114 valence electrons. The summed E-state index contributed by atoms with van der Waals surface area (Å²) in [5.74, 6) is 0.929. The average Bonchev–Trinajstić information content (AvgIpc) is 2.45. The molecule has 4 heteroatoms. The van der Waals surface area contributed by atoms with Crippen molar-refractivity contribution in [3.8, 4) is 5.75 Å². The molecule has 3 atom stereocenters. The van der Waals surface area contributed by atoms with E-state index >= 15 is 0 Å². The fraction of sp³-hybridized carbons (Fsp3) is 0.625. The van der Waals surface area contributed by atoms with E-state index in [-0.39, 0.29) is 5.25 Å². The van der Waals surface area contributed by atoms with Crippen LogP contribution in [0.4, 0.5) is 0 Å². The molecule has 0 saturated heterocycles. The van der Waals surface area contributed by atoms with Gasteiger partial charge in [0.1, 0.15) is 5.75 Å². The molecule has 1 N–H and O–H groups in total. The SMILES string of the molecule is CCCOc1ccc(C(C)NCCC(C)S(C)=O)cc1. The average molecular weight is 297 g/mol. The summed E-state index contributed by atoms with van der Waals surface area (Å²) in [6.07, 6.45) is 3.73. The Bertz CT molecular complexity index is 405. The van der Waals surface area contributed by atoms with E-state index in [1.807, 2.05) is 19.1 Å². The van der Waals surface area contributed by atoms with Crippen molar-refractivity contribution in [1.82, 2.24) is 5.32 Å². The zero-order valence-electron chi connectivity index (χ0n) is 13.0. The highest BCUT2D eigenvalue weighted by Gasteiger charge is 2.08. The molecule has 0 aliphatic carbocycles. The topological polar surface area (TPSA) is 38.3 Å². The summed E-state index contributed by atoms with van der Waals surface area (Å²) in [4.78, 5) is 0. The second kappa shape index (κ2) is 9.14. The lowest BCUT2D eigenvalue weighted by Gasteiger charge is -2.16. The van der Waals surface area contributed by atoms with Gasteiger partial charge in [0.15, 0.2) is 0 Å². The first-order valence-corrected chi connectivity index (χ1v) is 8.95. The van der Waals surface area contributed by atoms with Gasteiger partial charge in [-0.15, -0.1) is 0 Å². The molecule has 0 fully saturated rings. The van der Waals surface area contributed by atoms with Gasteiger partial charge in [-0.3, -0.25) is 4.21 Å². The van der Waals surface area contributed by atoms with Gasteiger partial charge in [-0.05, 0) is 44.0 Å². The highest BCUT2D eigenvalue weighted by atomic mass is 32.2. The van der Waals surface area contributed by atoms with Crippen molar-refractivity contribution in [2.45, 2.75) is 44.9 Å². The molecule has 0 saturated carbocycles. The van der Waals surface area contributed by atoms with Crippen LogP contribution >= 0.6 is 0 Å². The summed E-state index contributed by atoms with van der Waals surface area (Å²) in [5, 5.41) is 3.72. The van der Waals surface area contributed by atoms with Crippen LogP contribution in [-0.2, 0) is 10.8 Å². The van der Waals surface area contributed by atoms with Crippen LogP contribution in [0.3, 0.4) is 0 Å². The van der Waals surface area contributed by atoms with Crippen LogP contribution in [0.1, 0.15) is 45.2 Å².